The van der Waals surface area contributed by atoms with Gasteiger partial charge < -0.3 is 5.11 Å². The lowest BCUT2D eigenvalue weighted by atomic mass is 10.00. The summed E-state index contributed by atoms with van der Waals surface area (Å²) in [6.45, 7) is 0. The summed E-state index contributed by atoms with van der Waals surface area (Å²) in [5.74, 6) is 1.18. The van der Waals surface area contributed by atoms with Crippen LogP contribution in [-0.4, -0.2) is 5.11 Å². The lowest BCUT2D eigenvalue weighted by Gasteiger charge is -2.15. The maximum atomic E-state index is 12.8. The van der Waals surface area contributed by atoms with E-state index in [1.165, 1.54) is 0 Å². The normalized spacial score (nSPS) is 13.2. The molecule has 0 saturated carbocycles. The minimum absolute atomic E-state index is 0.299. The summed E-state index contributed by atoms with van der Waals surface area (Å²) in [6.07, 6.45) is -1.58. The van der Waals surface area contributed by atoms with Crippen LogP contribution in [0.3, 0.4) is 0 Å². The molecule has 0 aliphatic rings. The van der Waals surface area contributed by atoms with Gasteiger partial charge in [0.25, 0.3) is 0 Å². The van der Waals surface area contributed by atoms with E-state index in [9.17, 15) is 22.7 Å². The molecule has 1 rings (SSSR count). The Morgan fingerprint density at radius 2 is 2.00 bits per heavy atom. The van der Waals surface area contributed by atoms with E-state index >= 15 is 0 Å². The molecule has 0 heterocycles. The van der Waals surface area contributed by atoms with Crippen molar-refractivity contribution in [2.75, 3.05) is 0 Å². The number of rotatable bonds is 2. The molecule has 0 radical (unpaired) electrons. The summed E-state index contributed by atoms with van der Waals surface area (Å²) in [5, 5.41) is 9.38. The second-order valence-corrected chi connectivity index (χ2v) is 3.15. The van der Waals surface area contributed by atoms with Crippen LogP contribution in [0, 0.1) is 18.2 Å². The molecule has 0 amide bonds. The van der Waals surface area contributed by atoms with Crippen LogP contribution in [0.25, 0.3) is 0 Å². The van der Waals surface area contributed by atoms with Crippen molar-refractivity contribution in [1.82, 2.24) is 0 Å². The molecule has 0 aliphatic carbocycles. The molecule has 0 saturated heterocycles. The maximum Gasteiger partial charge on any atom is 0.416 e. The van der Waals surface area contributed by atoms with Gasteiger partial charge in [-0.2, -0.15) is 13.2 Å². The summed E-state index contributed by atoms with van der Waals surface area (Å²) in [4.78, 5) is 0. The van der Waals surface area contributed by atoms with E-state index < -0.39 is 29.2 Å². The standard InChI is InChI=1S/C11H8F4O/c1-2-3-10(16)8-6-7(12)4-5-9(8)11(13,14)15/h1,4-6,10,16H,3H2. The van der Waals surface area contributed by atoms with Crippen molar-refractivity contribution in [2.45, 2.75) is 18.7 Å². The highest BCUT2D eigenvalue weighted by molar-refractivity contribution is 5.32. The molecule has 1 nitrogen and oxygen atoms in total. The first kappa shape index (κ1) is 12.5. The number of halogens is 4. The highest BCUT2D eigenvalue weighted by atomic mass is 19.4. The lowest BCUT2D eigenvalue weighted by molar-refractivity contribution is -0.139. The van der Waals surface area contributed by atoms with Gasteiger partial charge in [0.15, 0.2) is 0 Å². The molecular formula is C11H8F4O. The molecule has 1 N–H and O–H groups in total. The van der Waals surface area contributed by atoms with Crippen LogP contribution in [0.2, 0.25) is 0 Å². The Labute approximate surface area is 89.7 Å². The minimum atomic E-state index is -4.64. The summed E-state index contributed by atoms with van der Waals surface area (Å²) in [5.41, 5.74) is -1.61. The number of aliphatic hydroxyl groups excluding tert-OH is 1. The van der Waals surface area contributed by atoms with E-state index in [1.54, 1.807) is 0 Å². The third-order valence-electron chi connectivity index (χ3n) is 1.99. The highest BCUT2D eigenvalue weighted by Crippen LogP contribution is 2.35. The van der Waals surface area contributed by atoms with E-state index in [4.69, 9.17) is 6.42 Å². The molecule has 0 aliphatic heterocycles. The van der Waals surface area contributed by atoms with Crippen molar-refractivity contribution in [3.05, 3.63) is 35.1 Å². The minimum Gasteiger partial charge on any atom is -0.387 e. The number of aliphatic hydroxyl groups is 1. The van der Waals surface area contributed by atoms with Crippen LogP contribution in [0.4, 0.5) is 17.6 Å². The molecule has 0 aromatic heterocycles. The smallest absolute Gasteiger partial charge is 0.387 e. The molecule has 0 bridgehead atoms. The number of benzene rings is 1. The third kappa shape index (κ3) is 2.74. The van der Waals surface area contributed by atoms with E-state index in [-0.39, 0.29) is 6.42 Å². The van der Waals surface area contributed by atoms with E-state index in [1.807, 2.05) is 5.92 Å². The predicted octanol–water partition coefficient (Wildman–Crippen LogP) is 2.90. The first-order valence-electron chi connectivity index (χ1n) is 4.34. The van der Waals surface area contributed by atoms with Crippen LogP contribution in [-0.2, 0) is 6.18 Å². The quantitative estimate of drug-likeness (QED) is 0.614. The monoisotopic (exact) mass is 232 g/mol. The van der Waals surface area contributed by atoms with Crippen molar-refractivity contribution >= 4 is 0 Å². The first-order chi connectivity index (χ1) is 7.36. The molecule has 0 fully saturated rings. The Kier molecular flexibility index (Phi) is 3.55. The van der Waals surface area contributed by atoms with Crippen molar-refractivity contribution < 1.29 is 22.7 Å². The van der Waals surface area contributed by atoms with Gasteiger partial charge in [-0.05, 0) is 23.8 Å². The summed E-state index contributed by atoms with van der Waals surface area (Å²) in [7, 11) is 0. The Hall–Kier alpha value is -1.54. The number of terminal acetylenes is 1. The number of hydrogen-bond acceptors (Lipinski definition) is 1. The molecular weight excluding hydrogens is 224 g/mol. The van der Waals surface area contributed by atoms with Crippen molar-refractivity contribution in [3.63, 3.8) is 0 Å². The summed E-state index contributed by atoms with van der Waals surface area (Å²) in [6, 6.07) is 1.92. The van der Waals surface area contributed by atoms with Gasteiger partial charge in [0.2, 0.25) is 0 Å². The van der Waals surface area contributed by atoms with Gasteiger partial charge in [0.1, 0.15) is 5.82 Å². The average Bonchev–Trinajstić information content (AvgIpc) is 2.16. The van der Waals surface area contributed by atoms with Crippen molar-refractivity contribution in [1.29, 1.82) is 0 Å². The van der Waals surface area contributed by atoms with Gasteiger partial charge in [0.05, 0.1) is 11.7 Å². The summed E-state index contributed by atoms with van der Waals surface area (Å²) < 4.78 is 50.3. The molecule has 1 aromatic rings. The van der Waals surface area contributed by atoms with Crippen LogP contribution >= 0.6 is 0 Å². The van der Waals surface area contributed by atoms with Gasteiger partial charge in [-0.1, -0.05) is 0 Å². The van der Waals surface area contributed by atoms with E-state index in [0.717, 1.165) is 0 Å². The fourth-order valence-electron chi connectivity index (χ4n) is 1.29. The van der Waals surface area contributed by atoms with Crippen molar-refractivity contribution in [2.24, 2.45) is 0 Å². The molecule has 1 aromatic carbocycles. The topological polar surface area (TPSA) is 20.2 Å². The zero-order valence-corrected chi connectivity index (χ0v) is 8.05. The van der Waals surface area contributed by atoms with Crippen LogP contribution in [0.15, 0.2) is 18.2 Å². The fourth-order valence-corrected chi connectivity index (χ4v) is 1.29. The predicted molar refractivity (Wildman–Crippen MR) is 49.8 cm³/mol. The fraction of sp³-hybridized carbons (Fsp3) is 0.273. The zero-order valence-electron chi connectivity index (χ0n) is 8.05. The van der Waals surface area contributed by atoms with Crippen LogP contribution in [0.5, 0.6) is 0 Å². The lowest BCUT2D eigenvalue weighted by Crippen LogP contribution is -2.12. The second kappa shape index (κ2) is 4.54. The second-order valence-electron chi connectivity index (χ2n) is 3.15. The third-order valence-corrected chi connectivity index (χ3v) is 1.99. The van der Waals surface area contributed by atoms with Gasteiger partial charge in [-0.3, -0.25) is 0 Å². The maximum absolute atomic E-state index is 12.8. The van der Waals surface area contributed by atoms with Crippen molar-refractivity contribution in [3.8, 4) is 12.3 Å². The van der Waals surface area contributed by atoms with Crippen LogP contribution < -0.4 is 0 Å². The Balaban J connectivity index is 3.24. The molecule has 0 spiro atoms. The van der Waals surface area contributed by atoms with E-state index in [0.29, 0.717) is 18.2 Å². The van der Waals surface area contributed by atoms with Gasteiger partial charge >= 0.3 is 6.18 Å². The average molecular weight is 232 g/mol. The summed E-state index contributed by atoms with van der Waals surface area (Å²) >= 11 is 0. The van der Waals surface area contributed by atoms with Gasteiger partial charge in [-0.25, -0.2) is 4.39 Å². The Bertz CT molecular complexity index is 417. The molecule has 1 atom stereocenters. The largest absolute Gasteiger partial charge is 0.416 e. The SMILES string of the molecule is C#CCC(O)c1cc(F)ccc1C(F)(F)F. The molecule has 16 heavy (non-hydrogen) atoms. The van der Waals surface area contributed by atoms with E-state index in [2.05, 4.69) is 0 Å². The van der Waals surface area contributed by atoms with Crippen LogP contribution in [0.1, 0.15) is 23.7 Å². The Morgan fingerprint density at radius 3 is 2.50 bits per heavy atom. The highest BCUT2D eigenvalue weighted by Gasteiger charge is 2.34. The first-order valence-corrected chi connectivity index (χ1v) is 4.34. The zero-order chi connectivity index (χ0) is 12.3. The number of hydrogen-bond donors (Lipinski definition) is 1. The van der Waals surface area contributed by atoms with Gasteiger partial charge in [-0.15, -0.1) is 12.3 Å². The molecule has 86 valence electrons. The molecule has 5 heteroatoms. The van der Waals surface area contributed by atoms with Gasteiger partial charge in [0, 0.05) is 6.42 Å². The Morgan fingerprint density at radius 1 is 1.38 bits per heavy atom. The number of alkyl halides is 3. The molecule has 1 unspecified atom stereocenters.